The van der Waals surface area contributed by atoms with Crippen LogP contribution in [0.15, 0.2) is 24.3 Å². The zero-order valence-corrected chi connectivity index (χ0v) is 12.4. The van der Waals surface area contributed by atoms with E-state index in [0.717, 1.165) is 6.42 Å². The monoisotopic (exact) mass is 288 g/mol. The minimum absolute atomic E-state index is 0.0676. The summed E-state index contributed by atoms with van der Waals surface area (Å²) < 4.78 is 4.63. The van der Waals surface area contributed by atoms with Gasteiger partial charge in [0.15, 0.2) is 0 Å². The first-order chi connectivity index (χ1) is 10.1. The molecule has 0 aliphatic heterocycles. The minimum atomic E-state index is -0.442. The largest absolute Gasteiger partial charge is 0.468 e. The highest BCUT2D eigenvalue weighted by molar-refractivity contribution is 5.98. The predicted octanol–water partition coefficient (Wildman–Crippen LogP) is 1.02. The quantitative estimate of drug-likeness (QED) is 0.648. The number of esters is 1. The maximum atomic E-state index is 12.6. The summed E-state index contributed by atoms with van der Waals surface area (Å²) in [4.78, 5) is 25.5. The molecule has 0 heterocycles. The van der Waals surface area contributed by atoms with Crippen molar-refractivity contribution in [2.75, 3.05) is 26.7 Å². The molecule has 1 amide bonds. The molecule has 0 saturated heterocycles. The van der Waals surface area contributed by atoms with Crippen molar-refractivity contribution in [1.82, 2.24) is 4.90 Å². The molecule has 1 rings (SSSR count). The third-order valence-corrected chi connectivity index (χ3v) is 2.81. The summed E-state index contributed by atoms with van der Waals surface area (Å²) in [6.07, 6.45) is 0.749. The fraction of sp³-hybridized carbons (Fsp3) is 0.375. The van der Waals surface area contributed by atoms with Crippen LogP contribution in [0.3, 0.4) is 0 Å². The number of methoxy groups -OCH3 is 1. The van der Waals surface area contributed by atoms with Crippen molar-refractivity contribution in [2.45, 2.75) is 13.3 Å². The van der Waals surface area contributed by atoms with Crippen molar-refractivity contribution in [1.29, 1.82) is 0 Å². The van der Waals surface area contributed by atoms with Gasteiger partial charge in [0.2, 0.25) is 0 Å². The highest BCUT2D eigenvalue weighted by Crippen LogP contribution is 2.11. The summed E-state index contributed by atoms with van der Waals surface area (Å²) in [6, 6.07) is 7.03. The molecule has 0 atom stereocenters. The Morgan fingerprint density at radius 1 is 1.33 bits per heavy atom. The molecule has 0 aliphatic rings. The Morgan fingerprint density at radius 2 is 2.05 bits per heavy atom. The number of nitrogens with zero attached hydrogens (tertiary/aromatic N) is 1. The second-order valence-electron chi connectivity index (χ2n) is 4.35. The van der Waals surface area contributed by atoms with Gasteiger partial charge in [-0.2, -0.15) is 0 Å². The van der Waals surface area contributed by atoms with Gasteiger partial charge in [-0.15, -0.1) is 0 Å². The van der Waals surface area contributed by atoms with Crippen LogP contribution in [-0.4, -0.2) is 43.5 Å². The SMILES string of the molecule is CCCN(CC(=O)OC)C(=O)c1ccccc1C#CCN. The minimum Gasteiger partial charge on any atom is -0.468 e. The fourth-order valence-corrected chi connectivity index (χ4v) is 1.84. The Bertz CT molecular complexity index is 558. The van der Waals surface area contributed by atoms with Crippen LogP contribution in [0.1, 0.15) is 29.3 Å². The molecular weight excluding hydrogens is 268 g/mol. The summed E-state index contributed by atoms with van der Waals surface area (Å²) in [6.45, 7) is 2.58. The van der Waals surface area contributed by atoms with Crippen LogP contribution < -0.4 is 5.73 Å². The van der Waals surface area contributed by atoms with E-state index >= 15 is 0 Å². The first kappa shape index (κ1) is 16.7. The lowest BCUT2D eigenvalue weighted by Crippen LogP contribution is -2.37. The van der Waals surface area contributed by atoms with Crippen molar-refractivity contribution in [2.24, 2.45) is 5.73 Å². The van der Waals surface area contributed by atoms with E-state index in [9.17, 15) is 9.59 Å². The number of nitrogens with two attached hydrogens (primary N) is 1. The second kappa shape index (κ2) is 8.77. The van der Waals surface area contributed by atoms with Crippen LogP contribution in [-0.2, 0) is 9.53 Å². The van der Waals surface area contributed by atoms with Gasteiger partial charge in [0.25, 0.3) is 5.91 Å². The third kappa shape index (κ3) is 4.93. The number of carbonyl (C=O) groups is 2. The zero-order chi connectivity index (χ0) is 15.7. The van der Waals surface area contributed by atoms with Gasteiger partial charge in [-0.25, -0.2) is 0 Å². The standard InChI is InChI=1S/C16H20N2O3/c1-3-11-18(12-15(19)21-2)16(20)14-9-5-4-7-13(14)8-6-10-17/h4-5,7,9H,3,10-12,17H2,1-2H3. The molecule has 21 heavy (non-hydrogen) atoms. The number of ether oxygens (including phenoxy) is 1. The normalized spacial score (nSPS) is 9.48. The average Bonchev–Trinajstić information content (AvgIpc) is 2.51. The molecule has 0 spiro atoms. The molecule has 0 radical (unpaired) electrons. The zero-order valence-electron chi connectivity index (χ0n) is 12.4. The lowest BCUT2D eigenvalue weighted by atomic mass is 10.1. The lowest BCUT2D eigenvalue weighted by Gasteiger charge is -2.21. The highest BCUT2D eigenvalue weighted by atomic mass is 16.5. The van der Waals surface area contributed by atoms with E-state index in [0.29, 0.717) is 17.7 Å². The molecule has 0 unspecified atom stereocenters. The summed E-state index contributed by atoms with van der Waals surface area (Å²) in [5, 5.41) is 0. The molecule has 1 aromatic carbocycles. The van der Waals surface area contributed by atoms with Crippen LogP contribution >= 0.6 is 0 Å². The smallest absolute Gasteiger partial charge is 0.325 e. The fourth-order valence-electron chi connectivity index (χ4n) is 1.84. The number of carbonyl (C=O) groups excluding carboxylic acids is 2. The molecule has 112 valence electrons. The van der Waals surface area contributed by atoms with Gasteiger partial charge in [-0.1, -0.05) is 30.9 Å². The summed E-state index contributed by atoms with van der Waals surface area (Å²) in [7, 11) is 1.30. The Kier molecular flexibility index (Phi) is 6.99. The van der Waals surface area contributed by atoms with Gasteiger partial charge in [0.1, 0.15) is 6.54 Å². The molecular formula is C16H20N2O3. The van der Waals surface area contributed by atoms with Crippen molar-refractivity contribution >= 4 is 11.9 Å². The van der Waals surface area contributed by atoms with E-state index in [-0.39, 0.29) is 19.0 Å². The molecule has 1 aromatic rings. The first-order valence-electron chi connectivity index (χ1n) is 6.78. The van der Waals surface area contributed by atoms with E-state index in [1.807, 2.05) is 13.0 Å². The molecule has 5 nitrogen and oxygen atoms in total. The summed E-state index contributed by atoms with van der Waals surface area (Å²) in [5.74, 6) is 4.94. The van der Waals surface area contributed by atoms with Crippen molar-refractivity contribution in [3.63, 3.8) is 0 Å². The van der Waals surface area contributed by atoms with E-state index in [1.165, 1.54) is 12.0 Å². The summed E-state index contributed by atoms with van der Waals surface area (Å²) >= 11 is 0. The predicted molar refractivity (Wildman–Crippen MR) is 80.6 cm³/mol. The molecule has 0 saturated carbocycles. The van der Waals surface area contributed by atoms with Gasteiger partial charge in [0, 0.05) is 12.1 Å². The number of rotatable bonds is 5. The second-order valence-corrected chi connectivity index (χ2v) is 4.35. The Morgan fingerprint density at radius 3 is 2.67 bits per heavy atom. The molecule has 0 bridgehead atoms. The van der Waals surface area contributed by atoms with Gasteiger partial charge in [-0.05, 0) is 18.6 Å². The van der Waals surface area contributed by atoms with E-state index < -0.39 is 5.97 Å². The molecule has 5 heteroatoms. The lowest BCUT2D eigenvalue weighted by molar-refractivity contribution is -0.141. The van der Waals surface area contributed by atoms with Crippen LogP contribution in [0.4, 0.5) is 0 Å². The molecule has 0 aromatic heterocycles. The van der Waals surface area contributed by atoms with Crippen LogP contribution in [0.5, 0.6) is 0 Å². The van der Waals surface area contributed by atoms with E-state index in [1.54, 1.807) is 18.2 Å². The van der Waals surface area contributed by atoms with Gasteiger partial charge in [0.05, 0.1) is 19.2 Å². The van der Waals surface area contributed by atoms with E-state index in [4.69, 9.17) is 5.73 Å². The third-order valence-electron chi connectivity index (χ3n) is 2.81. The number of hydrogen-bond donors (Lipinski definition) is 1. The number of benzene rings is 1. The van der Waals surface area contributed by atoms with Crippen LogP contribution in [0.2, 0.25) is 0 Å². The van der Waals surface area contributed by atoms with Gasteiger partial charge >= 0.3 is 5.97 Å². The van der Waals surface area contributed by atoms with Crippen molar-refractivity contribution < 1.29 is 14.3 Å². The van der Waals surface area contributed by atoms with Crippen LogP contribution in [0, 0.1) is 11.8 Å². The van der Waals surface area contributed by atoms with Crippen molar-refractivity contribution in [3.8, 4) is 11.8 Å². The Hall–Kier alpha value is -2.32. The number of hydrogen-bond acceptors (Lipinski definition) is 4. The van der Waals surface area contributed by atoms with Crippen molar-refractivity contribution in [3.05, 3.63) is 35.4 Å². The van der Waals surface area contributed by atoms with E-state index in [2.05, 4.69) is 16.6 Å². The topological polar surface area (TPSA) is 72.6 Å². The highest BCUT2D eigenvalue weighted by Gasteiger charge is 2.20. The maximum Gasteiger partial charge on any atom is 0.325 e. The molecule has 0 aliphatic carbocycles. The average molecular weight is 288 g/mol. The maximum absolute atomic E-state index is 12.6. The first-order valence-corrected chi connectivity index (χ1v) is 6.78. The molecule has 0 fully saturated rings. The van der Waals surface area contributed by atoms with Gasteiger partial charge in [-0.3, -0.25) is 9.59 Å². The Balaban J connectivity index is 3.05. The Labute approximate surface area is 125 Å². The van der Waals surface area contributed by atoms with Crippen LogP contribution in [0.25, 0.3) is 0 Å². The van der Waals surface area contributed by atoms with Gasteiger partial charge < -0.3 is 15.4 Å². The number of amides is 1. The summed E-state index contributed by atoms with van der Waals surface area (Å²) in [5.41, 5.74) is 6.44. The molecule has 2 N–H and O–H groups in total.